The molecule has 5 rings (SSSR count). The summed E-state index contributed by atoms with van der Waals surface area (Å²) in [5.41, 5.74) is 1.07. The number of aliphatic hydroxyl groups excluding tert-OH is 1. The number of hydrogen-bond acceptors (Lipinski definition) is 8. The summed E-state index contributed by atoms with van der Waals surface area (Å²) in [6.45, 7) is 5.41. The molecule has 0 radical (unpaired) electrons. The van der Waals surface area contributed by atoms with Gasteiger partial charge in [-0.15, -0.1) is 0 Å². The fourth-order valence-corrected chi connectivity index (χ4v) is 5.22. The zero-order valence-corrected chi connectivity index (χ0v) is 21.2. The summed E-state index contributed by atoms with van der Waals surface area (Å²) in [6, 6.07) is 9.52. The Morgan fingerprint density at radius 1 is 1.00 bits per heavy atom. The van der Waals surface area contributed by atoms with Crippen molar-refractivity contribution in [1.29, 1.82) is 0 Å². The van der Waals surface area contributed by atoms with Gasteiger partial charge in [0.1, 0.15) is 5.76 Å². The van der Waals surface area contributed by atoms with Gasteiger partial charge in [0, 0.05) is 18.7 Å². The number of carbonyl (C=O) groups is 2. The van der Waals surface area contributed by atoms with Crippen LogP contribution in [0.5, 0.6) is 23.0 Å². The molecule has 0 saturated carbocycles. The van der Waals surface area contributed by atoms with Gasteiger partial charge in [-0.25, -0.2) is 0 Å². The minimum atomic E-state index is -0.778. The molecular weight excluding hydrogens is 476 g/mol. The van der Waals surface area contributed by atoms with Crippen molar-refractivity contribution in [3.8, 4) is 23.0 Å². The number of amides is 1. The van der Waals surface area contributed by atoms with Crippen LogP contribution in [0.2, 0.25) is 0 Å². The Hall–Kier alpha value is -3.72. The van der Waals surface area contributed by atoms with E-state index in [-0.39, 0.29) is 18.1 Å². The van der Waals surface area contributed by atoms with E-state index in [1.165, 1.54) is 6.42 Å². The first-order valence-electron chi connectivity index (χ1n) is 12.7. The molecule has 3 aliphatic rings. The van der Waals surface area contributed by atoms with E-state index in [2.05, 4.69) is 4.90 Å². The number of methoxy groups -OCH3 is 1. The number of ketones is 1. The number of ether oxygens (including phenoxy) is 4. The van der Waals surface area contributed by atoms with Crippen molar-refractivity contribution in [2.45, 2.75) is 32.2 Å². The van der Waals surface area contributed by atoms with Gasteiger partial charge in [0.25, 0.3) is 11.7 Å². The standard InChI is InChI=1S/C28H32N2O7/c1-3-35-20-9-7-18(15-22(20)34-2)25-24(26(31)19-8-10-21-23(16-19)37-17-36-21)27(32)28(33)30(25)14-13-29-11-5-4-6-12-29/h7-10,15-16,25,31H,3-6,11-14,17H2,1-2H3/b26-24+. The summed E-state index contributed by atoms with van der Waals surface area (Å²) in [7, 11) is 1.54. The lowest BCUT2D eigenvalue weighted by molar-refractivity contribution is -0.140. The van der Waals surface area contributed by atoms with Crippen LogP contribution in [0, 0.1) is 0 Å². The molecular formula is C28H32N2O7. The molecule has 0 aliphatic carbocycles. The molecule has 1 atom stereocenters. The maximum absolute atomic E-state index is 13.4. The highest BCUT2D eigenvalue weighted by atomic mass is 16.7. The van der Waals surface area contributed by atoms with Crippen LogP contribution in [0.25, 0.3) is 5.76 Å². The van der Waals surface area contributed by atoms with Gasteiger partial charge in [0.15, 0.2) is 23.0 Å². The average Bonchev–Trinajstić information content (AvgIpc) is 3.50. The van der Waals surface area contributed by atoms with E-state index in [1.54, 1.807) is 42.3 Å². The van der Waals surface area contributed by atoms with Crippen molar-refractivity contribution in [1.82, 2.24) is 9.80 Å². The van der Waals surface area contributed by atoms with E-state index in [4.69, 9.17) is 18.9 Å². The summed E-state index contributed by atoms with van der Waals surface area (Å²) in [4.78, 5) is 30.6. The third-order valence-electron chi connectivity index (χ3n) is 7.10. The SMILES string of the molecule is CCOc1ccc(C2/C(=C(\O)c3ccc4c(c3)OCO4)C(=O)C(=O)N2CCN2CCCCC2)cc1OC. The molecule has 2 aromatic carbocycles. The number of hydrogen-bond donors (Lipinski definition) is 1. The van der Waals surface area contributed by atoms with E-state index >= 15 is 0 Å². The zero-order valence-electron chi connectivity index (χ0n) is 21.2. The highest BCUT2D eigenvalue weighted by Crippen LogP contribution is 2.43. The molecule has 1 amide bonds. The number of piperidine rings is 1. The molecule has 1 unspecified atom stereocenters. The Kier molecular flexibility index (Phi) is 7.23. The summed E-state index contributed by atoms with van der Waals surface area (Å²) < 4.78 is 22.0. The van der Waals surface area contributed by atoms with E-state index in [9.17, 15) is 14.7 Å². The number of aliphatic hydroxyl groups is 1. The Balaban J connectivity index is 1.56. The lowest BCUT2D eigenvalue weighted by atomic mass is 9.94. The minimum absolute atomic E-state index is 0.0359. The number of nitrogens with zero attached hydrogens (tertiary/aromatic N) is 2. The highest BCUT2D eigenvalue weighted by molar-refractivity contribution is 6.46. The lowest BCUT2D eigenvalue weighted by Crippen LogP contribution is -2.40. The average molecular weight is 509 g/mol. The lowest BCUT2D eigenvalue weighted by Gasteiger charge is -2.31. The van der Waals surface area contributed by atoms with Gasteiger partial charge in [-0.1, -0.05) is 12.5 Å². The van der Waals surface area contributed by atoms with Gasteiger partial charge in [0.05, 0.1) is 25.3 Å². The van der Waals surface area contributed by atoms with Gasteiger partial charge in [-0.2, -0.15) is 0 Å². The maximum atomic E-state index is 13.4. The van der Waals surface area contributed by atoms with E-state index in [0.717, 1.165) is 25.9 Å². The van der Waals surface area contributed by atoms with Crippen LogP contribution in [0.15, 0.2) is 42.0 Å². The molecule has 9 heteroatoms. The second-order valence-corrected chi connectivity index (χ2v) is 9.31. The number of benzene rings is 2. The summed E-state index contributed by atoms with van der Waals surface area (Å²) in [5, 5.41) is 11.4. The Bertz CT molecular complexity index is 1220. The first kappa shape index (κ1) is 25.0. The predicted octanol–water partition coefficient (Wildman–Crippen LogP) is 3.73. The maximum Gasteiger partial charge on any atom is 0.295 e. The van der Waals surface area contributed by atoms with Crippen molar-refractivity contribution in [3.05, 3.63) is 53.1 Å². The zero-order chi connectivity index (χ0) is 25.9. The fraction of sp³-hybridized carbons (Fsp3) is 0.429. The Morgan fingerprint density at radius 3 is 2.54 bits per heavy atom. The van der Waals surface area contributed by atoms with Crippen molar-refractivity contribution < 1.29 is 33.6 Å². The summed E-state index contributed by atoms with van der Waals surface area (Å²) in [5.74, 6) is 0.492. The number of likely N-dealkylation sites (tertiary alicyclic amines) is 2. The molecule has 0 spiro atoms. The van der Waals surface area contributed by atoms with Gasteiger partial charge < -0.3 is 33.9 Å². The minimum Gasteiger partial charge on any atom is -0.507 e. The summed E-state index contributed by atoms with van der Waals surface area (Å²) >= 11 is 0. The van der Waals surface area contributed by atoms with Gasteiger partial charge in [0.2, 0.25) is 6.79 Å². The van der Waals surface area contributed by atoms with Crippen LogP contribution in [0.1, 0.15) is 43.4 Å². The Labute approximate surface area is 216 Å². The van der Waals surface area contributed by atoms with Crippen molar-refractivity contribution >= 4 is 17.4 Å². The molecule has 37 heavy (non-hydrogen) atoms. The molecule has 0 bridgehead atoms. The quantitative estimate of drug-likeness (QED) is 0.327. The number of rotatable bonds is 8. The normalized spacial score (nSPS) is 20.9. The van der Waals surface area contributed by atoms with Crippen LogP contribution in [-0.4, -0.2) is 73.3 Å². The largest absolute Gasteiger partial charge is 0.507 e. The second kappa shape index (κ2) is 10.7. The number of Topliss-reactive ketones (excluding diaryl/α,β-unsaturated/α-hetero) is 1. The molecule has 1 N–H and O–H groups in total. The van der Waals surface area contributed by atoms with E-state index < -0.39 is 17.7 Å². The molecule has 2 aromatic rings. The van der Waals surface area contributed by atoms with Crippen molar-refractivity contribution in [3.63, 3.8) is 0 Å². The number of carbonyl (C=O) groups excluding carboxylic acids is 2. The second-order valence-electron chi connectivity index (χ2n) is 9.31. The first-order chi connectivity index (χ1) is 18.0. The fourth-order valence-electron chi connectivity index (χ4n) is 5.22. The van der Waals surface area contributed by atoms with Crippen molar-refractivity contribution in [2.75, 3.05) is 46.7 Å². The van der Waals surface area contributed by atoms with Crippen LogP contribution in [0.3, 0.4) is 0 Å². The third-order valence-corrected chi connectivity index (χ3v) is 7.10. The van der Waals surface area contributed by atoms with Crippen LogP contribution < -0.4 is 18.9 Å². The Morgan fingerprint density at radius 2 is 1.78 bits per heavy atom. The molecule has 0 aromatic heterocycles. The smallest absolute Gasteiger partial charge is 0.295 e. The van der Waals surface area contributed by atoms with Gasteiger partial charge in [-0.3, -0.25) is 9.59 Å². The van der Waals surface area contributed by atoms with Gasteiger partial charge >= 0.3 is 0 Å². The molecule has 3 aliphatic heterocycles. The summed E-state index contributed by atoms with van der Waals surface area (Å²) in [6.07, 6.45) is 3.47. The van der Waals surface area contributed by atoms with E-state index in [0.29, 0.717) is 53.8 Å². The number of fused-ring (bicyclic) bond motifs is 1. The molecule has 196 valence electrons. The molecule has 9 nitrogen and oxygen atoms in total. The monoisotopic (exact) mass is 508 g/mol. The van der Waals surface area contributed by atoms with Crippen LogP contribution >= 0.6 is 0 Å². The molecule has 3 heterocycles. The van der Waals surface area contributed by atoms with Crippen molar-refractivity contribution in [2.24, 2.45) is 0 Å². The third kappa shape index (κ3) is 4.83. The van der Waals surface area contributed by atoms with E-state index in [1.807, 2.05) is 13.0 Å². The predicted molar refractivity (Wildman–Crippen MR) is 136 cm³/mol. The molecule has 2 saturated heterocycles. The first-order valence-corrected chi connectivity index (χ1v) is 12.7. The van der Waals surface area contributed by atoms with Crippen LogP contribution in [0.4, 0.5) is 0 Å². The van der Waals surface area contributed by atoms with Crippen LogP contribution in [-0.2, 0) is 9.59 Å². The topological polar surface area (TPSA) is 97.8 Å². The highest BCUT2D eigenvalue weighted by Gasteiger charge is 2.46. The van der Waals surface area contributed by atoms with Gasteiger partial charge in [-0.05, 0) is 68.8 Å². The molecule has 2 fully saturated rings.